The van der Waals surface area contributed by atoms with E-state index in [1.807, 2.05) is 11.7 Å². The van der Waals surface area contributed by atoms with Gasteiger partial charge in [-0.25, -0.2) is 0 Å². The van der Waals surface area contributed by atoms with Crippen LogP contribution in [0.25, 0.3) is 0 Å². The van der Waals surface area contributed by atoms with E-state index in [-0.39, 0.29) is 23.7 Å². The zero-order valence-electron chi connectivity index (χ0n) is 12.8. The first-order chi connectivity index (χ1) is 8.65. The summed E-state index contributed by atoms with van der Waals surface area (Å²) in [6.07, 6.45) is 2.46. The van der Waals surface area contributed by atoms with E-state index in [0.29, 0.717) is 0 Å². The molecule has 1 saturated carbocycles. The average molecular weight is 262 g/mol. The molecule has 1 aromatic heterocycles. The molecule has 1 aliphatic heterocycles. The van der Waals surface area contributed by atoms with Crippen LogP contribution in [-0.4, -0.2) is 28.1 Å². The lowest BCUT2D eigenvalue weighted by Crippen LogP contribution is -2.41. The first-order valence-electron chi connectivity index (χ1n) is 7.05. The first-order valence-corrected chi connectivity index (χ1v) is 7.05. The molecule has 0 bridgehead atoms. The summed E-state index contributed by atoms with van der Waals surface area (Å²) >= 11 is 0. The normalized spacial score (nSPS) is 26.7. The Morgan fingerprint density at radius 2 is 1.63 bits per heavy atom. The molecule has 0 spiro atoms. The highest BCUT2D eigenvalue weighted by atomic mass is 16.7. The van der Waals surface area contributed by atoms with Crippen LogP contribution in [0.1, 0.15) is 53.2 Å². The average Bonchev–Trinajstić information content (AvgIpc) is 2.81. The Morgan fingerprint density at radius 3 is 2.11 bits per heavy atom. The topological polar surface area (TPSA) is 36.3 Å². The van der Waals surface area contributed by atoms with E-state index in [4.69, 9.17) is 9.31 Å². The van der Waals surface area contributed by atoms with Gasteiger partial charge in [-0.15, -0.1) is 0 Å². The van der Waals surface area contributed by atoms with Crippen molar-refractivity contribution in [1.82, 2.24) is 9.78 Å². The largest absolute Gasteiger partial charge is 0.514 e. The first kappa shape index (κ1) is 13.2. The van der Waals surface area contributed by atoms with Crippen molar-refractivity contribution in [2.75, 3.05) is 0 Å². The van der Waals surface area contributed by atoms with E-state index in [9.17, 15) is 0 Å². The SMILES string of the molecule is Cn1nc(C2(C)CC2)cc1B1OC(C)(C)C(C)(C)O1. The third-order valence-electron chi connectivity index (χ3n) is 5.03. The fourth-order valence-electron chi connectivity index (χ4n) is 2.40. The summed E-state index contributed by atoms with van der Waals surface area (Å²) in [5.41, 5.74) is 1.86. The number of nitrogens with zero attached hydrogens (tertiary/aromatic N) is 2. The lowest BCUT2D eigenvalue weighted by atomic mass is 9.83. The summed E-state index contributed by atoms with van der Waals surface area (Å²) in [5, 5.41) is 4.64. The molecule has 0 atom stereocenters. The number of hydrogen-bond acceptors (Lipinski definition) is 3. The molecule has 2 aliphatic rings. The van der Waals surface area contributed by atoms with Gasteiger partial charge in [0.15, 0.2) is 0 Å². The van der Waals surface area contributed by atoms with Crippen molar-refractivity contribution in [3.63, 3.8) is 0 Å². The molecule has 1 saturated heterocycles. The highest BCUT2D eigenvalue weighted by molar-refractivity contribution is 6.61. The van der Waals surface area contributed by atoms with Crippen molar-refractivity contribution in [3.05, 3.63) is 11.8 Å². The third-order valence-corrected chi connectivity index (χ3v) is 5.03. The van der Waals surface area contributed by atoms with E-state index in [1.54, 1.807) is 0 Å². The summed E-state index contributed by atoms with van der Waals surface area (Å²) < 4.78 is 14.1. The molecule has 0 N–H and O–H groups in total. The number of hydrogen-bond donors (Lipinski definition) is 0. The van der Waals surface area contributed by atoms with Crippen molar-refractivity contribution < 1.29 is 9.31 Å². The van der Waals surface area contributed by atoms with Crippen LogP contribution in [0, 0.1) is 0 Å². The Bertz CT molecular complexity index is 502. The van der Waals surface area contributed by atoms with Crippen molar-refractivity contribution in [2.24, 2.45) is 7.05 Å². The van der Waals surface area contributed by atoms with Crippen molar-refractivity contribution in [1.29, 1.82) is 0 Å². The van der Waals surface area contributed by atoms with E-state index in [2.05, 4.69) is 45.8 Å². The third kappa shape index (κ3) is 1.94. The molecule has 0 radical (unpaired) electrons. The lowest BCUT2D eigenvalue weighted by Gasteiger charge is -2.32. The van der Waals surface area contributed by atoms with Crippen LogP contribution in [0.2, 0.25) is 0 Å². The number of aryl methyl sites for hydroxylation is 1. The molecule has 1 aliphatic carbocycles. The predicted octanol–water partition coefficient (Wildman–Crippen LogP) is 1.77. The van der Waals surface area contributed by atoms with Gasteiger partial charge in [-0.1, -0.05) is 6.92 Å². The van der Waals surface area contributed by atoms with E-state index < -0.39 is 0 Å². The van der Waals surface area contributed by atoms with Crippen molar-refractivity contribution in [3.8, 4) is 0 Å². The lowest BCUT2D eigenvalue weighted by molar-refractivity contribution is 0.00578. The van der Waals surface area contributed by atoms with Crippen LogP contribution in [-0.2, 0) is 21.8 Å². The number of aromatic nitrogens is 2. The molecule has 5 heteroatoms. The molecule has 3 rings (SSSR count). The minimum Gasteiger partial charge on any atom is -0.398 e. The van der Waals surface area contributed by atoms with Gasteiger partial charge in [0.1, 0.15) is 0 Å². The second-order valence-electron chi connectivity index (χ2n) is 7.23. The highest BCUT2D eigenvalue weighted by Crippen LogP contribution is 2.46. The summed E-state index contributed by atoms with van der Waals surface area (Å²) in [6.45, 7) is 10.6. The smallest absolute Gasteiger partial charge is 0.398 e. The molecule has 19 heavy (non-hydrogen) atoms. The fourth-order valence-corrected chi connectivity index (χ4v) is 2.40. The maximum atomic E-state index is 6.09. The number of rotatable bonds is 2. The fraction of sp³-hybridized carbons (Fsp3) is 0.786. The molecular weight excluding hydrogens is 239 g/mol. The molecular formula is C14H23BN2O2. The van der Waals surface area contributed by atoms with E-state index >= 15 is 0 Å². The molecule has 104 valence electrons. The predicted molar refractivity (Wildman–Crippen MR) is 75.5 cm³/mol. The molecule has 1 aromatic rings. The van der Waals surface area contributed by atoms with E-state index in [1.165, 1.54) is 18.5 Å². The Kier molecular flexibility index (Phi) is 2.53. The highest BCUT2D eigenvalue weighted by Gasteiger charge is 2.53. The van der Waals surface area contributed by atoms with Gasteiger partial charge in [-0.3, -0.25) is 4.68 Å². The monoisotopic (exact) mass is 262 g/mol. The van der Waals surface area contributed by atoms with Crippen LogP contribution in [0.15, 0.2) is 6.07 Å². The maximum Gasteiger partial charge on any atom is 0.514 e. The molecule has 4 nitrogen and oxygen atoms in total. The van der Waals surface area contributed by atoms with Gasteiger partial charge in [-0.2, -0.15) is 5.10 Å². The zero-order chi connectivity index (χ0) is 14.1. The standard InChI is InChI=1S/C14H23BN2O2/c1-12(2)13(3,4)19-15(18-12)11-9-10(16-17(11)6)14(5)7-8-14/h9H,7-8H2,1-6H3. The van der Waals surface area contributed by atoms with Crippen molar-refractivity contribution >= 4 is 12.7 Å². The van der Waals surface area contributed by atoms with Gasteiger partial charge >= 0.3 is 7.12 Å². The zero-order valence-corrected chi connectivity index (χ0v) is 12.8. The molecule has 2 heterocycles. The van der Waals surface area contributed by atoms with Crippen molar-refractivity contribution in [2.45, 2.75) is 64.1 Å². The van der Waals surface area contributed by atoms with Gasteiger partial charge in [0.2, 0.25) is 0 Å². The Hall–Kier alpha value is -0.805. The summed E-state index contributed by atoms with van der Waals surface area (Å²) in [4.78, 5) is 0. The van der Waals surface area contributed by atoms with Crippen LogP contribution in [0.5, 0.6) is 0 Å². The summed E-state index contributed by atoms with van der Waals surface area (Å²) in [5.74, 6) is 0. The molecule has 0 amide bonds. The van der Waals surface area contributed by atoms with Crippen LogP contribution >= 0.6 is 0 Å². The Balaban J connectivity index is 1.90. The minimum atomic E-state index is -0.321. The van der Waals surface area contributed by atoms with E-state index in [0.717, 1.165) is 5.59 Å². The Morgan fingerprint density at radius 1 is 1.11 bits per heavy atom. The second-order valence-corrected chi connectivity index (χ2v) is 7.23. The van der Waals surface area contributed by atoms with Crippen LogP contribution < -0.4 is 5.59 Å². The molecule has 2 fully saturated rings. The van der Waals surface area contributed by atoms with Crippen LogP contribution in [0.4, 0.5) is 0 Å². The molecule has 0 aromatic carbocycles. The minimum absolute atomic E-state index is 0.277. The Labute approximate surface area is 115 Å². The second kappa shape index (κ2) is 3.64. The van der Waals surface area contributed by atoms with Crippen LogP contribution in [0.3, 0.4) is 0 Å². The quantitative estimate of drug-likeness (QED) is 0.762. The van der Waals surface area contributed by atoms with Gasteiger partial charge in [-0.05, 0) is 46.6 Å². The van der Waals surface area contributed by atoms with Gasteiger partial charge < -0.3 is 9.31 Å². The van der Waals surface area contributed by atoms with Gasteiger partial charge in [0.25, 0.3) is 0 Å². The van der Waals surface area contributed by atoms with Gasteiger partial charge in [0.05, 0.1) is 22.5 Å². The maximum absolute atomic E-state index is 6.09. The molecule has 0 unspecified atom stereocenters. The summed E-state index contributed by atoms with van der Waals surface area (Å²) in [7, 11) is 1.65. The van der Waals surface area contributed by atoms with Gasteiger partial charge in [0, 0.05) is 12.5 Å². The summed E-state index contributed by atoms with van der Waals surface area (Å²) in [6, 6.07) is 2.15.